The third-order valence-corrected chi connectivity index (χ3v) is 2.25. The summed E-state index contributed by atoms with van der Waals surface area (Å²) in [5, 5.41) is 9.17. The molecule has 72 valence electrons. The van der Waals surface area contributed by atoms with E-state index in [0.717, 1.165) is 5.56 Å². The first-order valence-electron chi connectivity index (χ1n) is 3.93. The zero-order chi connectivity index (χ0) is 10.6. The van der Waals surface area contributed by atoms with Crippen LogP contribution in [0.4, 0.5) is 5.69 Å². The molecule has 0 atom stereocenters. The van der Waals surface area contributed by atoms with Crippen molar-refractivity contribution in [3.63, 3.8) is 0 Å². The molecule has 14 heavy (non-hydrogen) atoms. The number of benzene rings is 1. The second kappa shape index (κ2) is 4.90. The molecule has 4 heteroatoms. The largest absolute Gasteiger partial charge is 0.396 e. The molecule has 0 fully saturated rings. The minimum Gasteiger partial charge on any atom is -0.396 e. The lowest BCUT2D eigenvalue weighted by molar-refractivity contribution is 1.36. The SMILES string of the molecule is N#CCC=Cc1cc(Cl)c(N)c(Cl)c1. The summed E-state index contributed by atoms with van der Waals surface area (Å²) in [5.74, 6) is 0. The number of rotatable bonds is 2. The number of halogens is 2. The number of allylic oxidation sites excluding steroid dienone is 1. The molecule has 0 amide bonds. The number of nitrogen functional groups attached to an aromatic ring is 1. The van der Waals surface area contributed by atoms with Crippen LogP contribution in [-0.4, -0.2) is 0 Å². The van der Waals surface area contributed by atoms with Gasteiger partial charge in [-0.15, -0.1) is 0 Å². The summed E-state index contributed by atoms with van der Waals surface area (Å²) in [4.78, 5) is 0. The molecule has 2 N–H and O–H groups in total. The smallest absolute Gasteiger partial charge is 0.0693 e. The van der Waals surface area contributed by atoms with Gasteiger partial charge in [0.15, 0.2) is 0 Å². The lowest BCUT2D eigenvalue weighted by Gasteiger charge is -2.02. The van der Waals surface area contributed by atoms with Gasteiger partial charge in [-0.25, -0.2) is 0 Å². The third-order valence-electron chi connectivity index (χ3n) is 1.62. The van der Waals surface area contributed by atoms with Gasteiger partial charge in [-0.05, 0) is 17.7 Å². The van der Waals surface area contributed by atoms with Crippen LogP contribution in [0.25, 0.3) is 6.08 Å². The predicted molar refractivity (Wildman–Crippen MR) is 60.1 cm³/mol. The predicted octanol–water partition coefficient (Wildman–Crippen LogP) is 3.50. The van der Waals surface area contributed by atoms with Crippen molar-refractivity contribution in [2.45, 2.75) is 6.42 Å². The highest BCUT2D eigenvalue weighted by Gasteiger charge is 2.02. The molecule has 0 aromatic heterocycles. The van der Waals surface area contributed by atoms with E-state index < -0.39 is 0 Å². The maximum absolute atomic E-state index is 8.32. The summed E-state index contributed by atoms with van der Waals surface area (Å²) in [6, 6.07) is 5.41. The van der Waals surface area contributed by atoms with E-state index >= 15 is 0 Å². The topological polar surface area (TPSA) is 49.8 Å². The van der Waals surface area contributed by atoms with Gasteiger partial charge in [-0.2, -0.15) is 5.26 Å². The van der Waals surface area contributed by atoms with Crippen LogP contribution in [0.2, 0.25) is 10.0 Å². The van der Waals surface area contributed by atoms with Crippen LogP contribution in [0.15, 0.2) is 18.2 Å². The summed E-state index contributed by atoms with van der Waals surface area (Å²) >= 11 is 11.6. The summed E-state index contributed by atoms with van der Waals surface area (Å²) in [5.41, 5.74) is 6.78. The van der Waals surface area contributed by atoms with Gasteiger partial charge >= 0.3 is 0 Å². The van der Waals surface area contributed by atoms with Gasteiger partial charge in [0.25, 0.3) is 0 Å². The van der Waals surface area contributed by atoms with Crippen LogP contribution in [0.3, 0.4) is 0 Å². The molecule has 0 aliphatic carbocycles. The van der Waals surface area contributed by atoms with Crippen molar-refractivity contribution in [2.75, 3.05) is 5.73 Å². The Bertz CT molecular complexity index is 382. The van der Waals surface area contributed by atoms with Crippen LogP contribution in [-0.2, 0) is 0 Å². The Morgan fingerprint density at radius 3 is 2.43 bits per heavy atom. The van der Waals surface area contributed by atoms with E-state index in [1.807, 2.05) is 6.07 Å². The van der Waals surface area contributed by atoms with Gasteiger partial charge in [0.2, 0.25) is 0 Å². The molecule has 1 aromatic rings. The number of hydrogen-bond donors (Lipinski definition) is 1. The molecule has 2 nitrogen and oxygen atoms in total. The quantitative estimate of drug-likeness (QED) is 0.786. The Hall–Kier alpha value is -1.17. The van der Waals surface area contributed by atoms with Crippen molar-refractivity contribution in [1.29, 1.82) is 5.26 Å². The zero-order valence-electron chi connectivity index (χ0n) is 7.30. The zero-order valence-corrected chi connectivity index (χ0v) is 8.81. The minimum atomic E-state index is 0.361. The van der Waals surface area contributed by atoms with Crippen LogP contribution in [0.5, 0.6) is 0 Å². The Morgan fingerprint density at radius 2 is 1.93 bits per heavy atom. The Labute approximate surface area is 92.5 Å². The maximum Gasteiger partial charge on any atom is 0.0693 e. The Morgan fingerprint density at radius 1 is 1.36 bits per heavy atom. The number of nitrogens with zero attached hydrogens (tertiary/aromatic N) is 1. The molecular formula is C10H8Cl2N2. The van der Waals surface area contributed by atoms with Crippen LogP contribution >= 0.6 is 23.2 Å². The fourth-order valence-corrected chi connectivity index (χ4v) is 1.45. The average Bonchev–Trinajstić information content (AvgIpc) is 2.14. The van der Waals surface area contributed by atoms with Crippen molar-refractivity contribution in [1.82, 2.24) is 0 Å². The number of nitrogens with two attached hydrogens (primary N) is 1. The first-order chi connectivity index (χ1) is 6.65. The van der Waals surface area contributed by atoms with Gasteiger partial charge in [-0.1, -0.05) is 35.4 Å². The summed E-state index contributed by atoms with van der Waals surface area (Å²) < 4.78 is 0. The fraction of sp³-hybridized carbons (Fsp3) is 0.100. The Balaban J connectivity index is 2.96. The molecule has 0 aliphatic rings. The summed E-state index contributed by atoms with van der Waals surface area (Å²) in [6.45, 7) is 0. The van der Waals surface area contributed by atoms with Crippen molar-refractivity contribution in [3.8, 4) is 6.07 Å². The van der Waals surface area contributed by atoms with Crippen LogP contribution < -0.4 is 5.73 Å². The maximum atomic E-state index is 8.32. The molecule has 0 saturated heterocycles. The van der Waals surface area contributed by atoms with E-state index in [9.17, 15) is 0 Å². The van der Waals surface area contributed by atoms with Crippen molar-refractivity contribution < 1.29 is 0 Å². The molecule has 0 radical (unpaired) electrons. The van der Waals surface area contributed by atoms with Gasteiger partial charge in [0.05, 0.1) is 28.2 Å². The molecule has 0 spiro atoms. The second-order valence-corrected chi connectivity index (χ2v) is 3.48. The Kier molecular flexibility index (Phi) is 3.82. The highest BCUT2D eigenvalue weighted by molar-refractivity contribution is 6.39. The molecule has 0 saturated carbocycles. The molecule has 0 heterocycles. The monoisotopic (exact) mass is 226 g/mol. The van der Waals surface area contributed by atoms with Crippen LogP contribution in [0.1, 0.15) is 12.0 Å². The normalized spacial score (nSPS) is 10.4. The summed E-state index contributed by atoms with van der Waals surface area (Å²) in [6.07, 6.45) is 3.87. The lowest BCUT2D eigenvalue weighted by Crippen LogP contribution is -1.88. The third kappa shape index (κ3) is 2.66. The molecule has 1 aromatic carbocycles. The van der Waals surface area contributed by atoms with Crippen LogP contribution in [0, 0.1) is 11.3 Å². The number of anilines is 1. The average molecular weight is 227 g/mol. The molecular weight excluding hydrogens is 219 g/mol. The molecule has 1 rings (SSSR count). The highest BCUT2D eigenvalue weighted by Crippen LogP contribution is 2.29. The lowest BCUT2D eigenvalue weighted by atomic mass is 10.2. The number of nitriles is 1. The first-order valence-corrected chi connectivity index (χ1v) is 4.68. The van der Waals surface area contributed by atoms with E-state index in [1.165, 1.54) is 0 Å². The standard InChI is InChI=1S/C10H8Cl2N2/c11-8-5-7(3-1-2-4-13)6-9(12)10(8)14/h1,3,5-6H,2,14H2. The summed E-state index contributed by atoms with van der Waals surface area (Å²) in [7, 11) is 0. The van der Waals surface area contributed by atoms with Gasteiger partial charge in [-0.3, -0.25) is 0 Å². The molecule has 0 aliphatic heterocycles. The number of hydrogen-bond acceptors (Lipinski definition) is 2. The second-order valence-electron chi connectivity index (χ2n) is 2.66. The van der Waals surface area contributed by atoms with Gasteiger partial charge in [0, 0.05) is 0 Å². The highest BCUT2D eigenvalue weighted by atomic mass is 35.5. The van der Waals surface area contributed by atoms with E-state index in [4.69, 9.17) is 34.2 Å². The van der Waals surface area contributed by atoms with Gasteiger partial charge in [0.1, 0.15) is 0 Å². The van der Waals surface area contributed by atoms with Crippen molar-refractivity contribution in [3.05, 3.63) is 33.8 Å². The fourth-order valence-electron chi connectivity index (χ4n) is 0.948. The van der Waals surface area contributed by atoms with Crippen molar-refractivity contribution >= 4 is 35.0 Å². The van der Waals surface area contributed by atoms with E-state index in [1.54, 1.807) is 24.3 Å². The molecule has 0 bridgehead atoms. The van der Waals surface area contributed by atoms with E-state index in [2.05, 4.69) is 0 Å². The van der Waals surface area contributed by atoms with E-state index in [0.29, 0.717) is 22.2 Å². The first kappa shape index (κ1) is 10.9. The van der Waals surface area contributed by atoms with Gasteiger partial charge < -0.3 is 5.73 Å². The van der Waals surface area contributed by atoms with Crippen molar-refractivity contribution in [2.24, 2.45) is 0 Å². The molecule has 0 unspecified atom stereocenters. The minimum absolute atomic E-state index is 0.361. The van der Waals surface area contributed by atoms with E-state index in [-0.39, 0.29) is 0 Å².